The molecule has 0 amide bonds. The van der Waals surface area contributed by atoms with Crippen molar-refractivity contribution in [2.45, 2.75) is 25.1 Å². The maximum Gasteiger partial charge on any atom is 0.0490 e. The Balaban J connectivity index is 2.21. The Hall–Kier alpha value is -0.480. The number of hydrogen-bond donors (Lipinski definition) is 2. The van der Waals surface area contributed by atoms with Crippen molar-refractivity contribution in [1.82, 2.24) is 15.5 Å². The SMILES string of the molecule is CSC(C)(C)CNCc1ccn[nH]1. The Morgan fingerprint density at radius 2 is 2.38 bits per heavy atom. The van der Waals surface area contributed by atoms with Gasteiger partial charge < -0.3 is 5.32 Å². The summed E-state index contributed by atoms with van der Waals surface area (Å²) in [7, 11) is 0. The molecule has 0 bridgehead atoms. The minimum atomic E-state index is 0.306. The maximum atomic E-state index is 3.89. The summed E-state index contributed by atoms with van der Waals surface area (Å²) < 4.78 is 0.306. The Morgan fingerprint density at radius 3 is 2.92 bits per heavy atom. The summed E-state index contributed by atoms with van der Waals surface area (Å²) >= 11 is 1.88. The lowest BCUT2D eigenvalue weighted by Crippen LogP contribution is -2.31. The average Bonchev–Trinajstić information content (AvgIpc) is 2.57. The van der Waals surface area contributed by atoms with Crippen LogP contribution in [0.2, 0.25) is 0 Å². The van der Waals surface area contributed by atoms with E-state index in [1.54, 1.807) is 6.20 Å². The lowest BCUT2D eigenvalue weighted by atomic mass is 10.2. The smallest absolute Gasteiger partial charge is 0.0490 e. The molecule has 2 N–H and O–H groups in total. The number of nitrogens with zero attached hydrogens (tertiary/aromatic N) is 1. The van der Waals surface area contributed by atoms with Crippen LogP contribution in [0.4, 0.5) is 0 Å². The van der Waals surface area contributed by atoms with E-state index in [4.69, 9.17) is 0 Å². The molecule has 0 aliphatic carbocycles. The van der Waals surface area contributed by atoms with Crippen LogP contribution in [0, 0.1) is 0 Å². The van der Waals surface area contributed by atoms with Crippen LogP contribution in [0.1, 0.15) is 19.5 Å². The number of rotatable bonds is 5. The quantitative estimate of drug-likeness (QED) is 0.757. The van der Waals surface area contributed by atoms with Crippen molar-refractivity contribution in [3.63, 3.8) is 0 Å². The number of aromatic nitrogens is 2. The first kappa shape index (κ1) is 10.6. The number of aromatic amines is 1. The highest BCUT2D eigenvalue weighted by Gasteiger charge is 2.14. The van der Waals surface area contributed by atoms with E-state index in [2.05, 4.69) is 35.6 Å². The molecule has 4 heteroatoms. The molecule has 0 radical (unpaired) electrons. The fourth-order valence-corrected chi connectivity index (χ4v) is 1.20. The highest BCUT2D eigenvalue weighted by molar-refractivity contribution is 7.99. The zero-order valence-electron chi connectivity index (χ0n) is 8.42. The van der Waals surface area contributed by atoms with Crippen LogP contribution in [0.5, 0.6) is 0 Å². The van der Waals surface area contributed by atoms with E-state index in [1.807, 2.05) is 17.8 Å². The van der Waals surface area contributed by atoms with Gasteiger partial charge in [0.25, 0.3) is 0 Å². The third-order valence-corrected chi connectivity index (χ3v) is 3.23. The second-order valence-corrected chi connectivity index (χ2v) is 5.16. The fourth-order valence-electron chi connectivity index (χ4n) is 0.954. The van der Waals surface area contributed by atoms with Crippen molar-refractivity contribution in [2.24, 2.45) is 0 Å². The van der Waals surface area contributed by atoms with Crippen molar-refractivity contribution in [3.8, 4) is 0 Å². The zero-order valence-corrected chi connectivity index (χ0v) is 9.24. The van der Waals surface area contributed by atoms with E-state index in [1.165, 1.54) is 0 Å². The lowest BCUT2D eigenvalue weighted by molar-refractivity contribution is 0.585. The molecule has 0 fully saturated rings. The molecule has 0 unspecified atom stereocenters. The number of nitrogens with one attached hydrogen (secondary N) is 2. The first-order valence-corrected chi connectivity index (χ1v) is 5.61. The van der Waals surface area contributed by atoms with Gasteiger partial charge >= 0.3 is 0 Å². The molecular weight excluding hydrogens is 182 g/mol. The highest BCUT2D eigenvalue weighted by Crippen LogP contribution is 2.19. The molecule has 1 aromatic heterocycles. The average molecular weight is 199 g/mol. The van der Waals surface area contributed by atoms with Crippen LogP contribution < -0.4 is 5.32 Å². The minimum Gasteiger partial charge on any atom is -0.310 e. The molecule has 0 aromatic carbocycles. The first-order chi connectivity index (χ1) is 6.14. The van der Waals surface area contributed by atoms with Crippen LogP contribution in [0.25, 0.3) is 0 Å². The standard InChI is InChI=1S/C9H17N3S/c1-9(2,13-3)7-10-6-8-4-5-11-12-8/h4-5,10H,6-7H2,1-3H3,(H,11,12). The van der Waals surface area contributed by atoms with E-state index in [0.29, 0.717) is 4.75 Å². The van der Waals surface area contributed by atoms with Gasteiger partial charge in [-0.25, -0.2) is 0 Å². The summed E-state index contributed by atoms with van der Waals surface area (Å²) in [6.07, 6.45) is 3.91. The maximum absolute atomic E-state index is 3.89. The van der Waals surface area contributed by atoms with Gasteiger partial charge in [0, 0.05) is 29.7 Å². The van der Waals surface area contributed by atoms with E-state index in [9.17, 15) is 0 Å². The summed E-state index contributed by atoms with van der Waals surface area (Å²) in [5, 5.41) is 10.2. The topological polar surface area (TPSA) is 40.7 Å². The predicted molar refractivity (Wildman–Crippen MR) is 57.9 cm³/mol. The van der Waals surface area contributed by atoms with Gasteiger partial charge in [0.15, 0.2) is 0 Å². The van der Waals surface area contributed by atoms with Gasteiger partial charge in [0.1, 0.15) is 0 Å². The molecule has 1 aromatic rings. The highest BCUT2D eigenvalue weighted by atomic mass is 32.2. The fraction of sp³-hybridized carbons (Fsp3) is 0.667. The van der Waals surface area contributed by atoms with Crippen molar-refractivity contribution < 1.29 is 0 Å². The first-order valence-electron chi connectivity index (χ1n) is 4.38. The van der Waals surface area contributed by atoms with Gasteiger partial charge in [-0.15, -0.1) is 0 Å². The van der Waals surface area contributed by atoms with Gasteiger partial charge in [-0.2, -0.15) is 16.9 Å². The number of hydrogen-bond acceptors (Lipinski definition) is 3. The minimum absolute atomic E-state index is 0.306. The van der Waals surface area contributed by atoms with Crippen LogP contribution >= 0.6 is 11.8 Å². The van der Waals surface area contributed by atoms with Gasteiger partial charge in [-0.3, -0.25) is 5.10 Å². The van der Waals surface area contributed by atoms with E-state index in [-0.39, 0.29) is 0 Å². The molecular formula is C9H17N3S. The van der Waals surface area contributed by atoms with Gasteiger partial charge in [0.2, 0.25) is 0 Å². The Bertz CT molecular complexity index is 231. The Labute approximate surface area is 83.7 Å². The second kappa shape index (κ2) is 4.67. The molecule has 0 aliphatic heterocycles. The van der Waals surface area contributed by atoms with E-state index in [0.717, 1.165) is 18.8 Å². The predicted octanol–water partition coefficient (Wildman–Crippen LogP) is 1.64. The molecule has 0 atom stereocenters. The molecule has 0 saturated heterocycles. The molecule has 1 heterocycles. The van der Waals surface area contributed by atoms with Crippen LogP contribution in [0.15, 0.2) is 12.3 Å². The summed E-state index contributed by atoms with van der Waals surface area (Å²) in [4.78, 5) is 0. The second-order valence-electron chi connectivity index (χ2n) is 3.65. The summed E-state index contributed by atoms with van der Waals surface area (Å²) in [6.45, 7) is 6.34. The summed E-state index contributed by atoms with van der Waals surface area (Å²) in [6, 6.07) is 1.99. The molecule has 0 saturated carbocycles. The van der Waals surface area contributed by atoms with Gasteiger partial charge in [-0.1, -0.05) is 0 Å². The molecule has 3 nitrogen and oxygen atoms in total. The summed E-state index contributed by atoms with van der Waals surface area (Å²) in [5.74, 6) is 0. The number of H-pyrrole nitrogens is 1. The van der Waals surface area contributed by atoms with Crippen LogP contribution in [-0.2, 0) is 6.54 Å². The third-order valence-electron chi connectivity index (χ3n) is 1.98. The largest absolute Gasteiger partial charge is 0.310 e. The summed E-state index contributed by atoms with van der Waals surface area (Å²) in [5.41, 5.74) is 1.14. The third kappa shape index (κ3) is 3.83. The van der Waals surface area contributed by atoms with Crippen molar-refractivity contribution in [1.29, 1.82) is 0 Å². The Kier molecular flexibility index (Phi) is 3.81. The normalized spacial score (nSPS) is 11.9. The molecule has 0 spiro atoms. The van der Waals surface area contributed by atoms with E-state index < -0.39 is 0 Å². The molecule has 13 heavy (non-hydrogen) atoms. The Morgan fingerprint density at radius 1 is 1.62 bits per heavy atom. The molecule has 0 aliphatic rings. The molecule has 74 valence electrons. The van der Waals surface area contributed by atoms with Crippen molar-refractivity contribution >= 4 is 11.8 Å². The van der Waals surface area contributed by atoms with E-state index >= 15 is 0 Å². The van der Waals surface area contributed by atoms with Crippen molar-refractivity contribution in [3.05, 3.63) is 18.0 Å². The van der Waals surface area contributed by atoms with Crippen LogP contribution in [-0.4, -0.2) is 27.7 Å². The van der Waals surface area contributed by atoms with Gasteiger partial charge in [0.05, 0.1) is 0 Å². The zero-order chi connectivity index (χ0) is 9.73. The van der Waals surface area contributed by atoms with Crippen molar-refractivity contribution in [2.75, 3.05) is 12.8 Å². The number of thioether (sulfide) groups is 1. The monoisotopic (exact) mass is 199 g/mol. The van der Waals surface area contributed by atoms with Gasteiger partial charge in [-0.05, 0) is 26.2 Å². The van der Waals surface area contributed by atoms with Crippen LogP contribution in [0.3, 0.4) is 0 Å². The lowest BCUT2D eigenvalue weighted by Gasteiger charge is -2.21. The molecule has 1 rings (SSSR count).